The van der Waals surface area contributed by atoms with Crippen molar-refractivity contribution < 1.29 is 43.1 Å². The molecular formula is C40H64N10O9S2. The summed E-state index contributed by atoms with van der Waals surface area (Å²) in [5.41, 5.74) is 5.65. The Hall–Kier alpha value is -4.08. The molecule has 0 aromatic carbocycles. The van der Waals surface area contributed by atoms with Gasteiger partial charge in [-0.05, 0) is 70.8 Å². The van der Waals surface area contributed by atoms with Gasteiger partial charge in [0.25, 0.3) is 11.8 Å². The molecule has 0 aliphatic carbocycles. The Morgan fingerprint density at radius 2 is 1.31 bits per heavy atom. The molecule has 4 saturated heterocycles. The van der Waals surface area contributed by atoms with Crippen molar-refractivity contribution in [2.45, 2.75) is 143 Å². The van der Waals surface area contributed by atoms with Gasteiger partial charge in [-0.2, -0.15) is 23.5 Å². The van der Waals surface area contributed by atoms with E-state index in [1.807, 2.05) is 23.5 Å². The largest absolute Gasteiger partial charge is 0.368 e. The number of amides is 10. The first-order valence-corrected chi connectivity index (χ1v) is 23.9. The monoisotopic (exact) mass is 892 g/mol. The van der Waals surface area contributed by atoms with Crippen molar-refractivity contribution in [1.82, 2.24) is 47.4 Å². The van der Waals surface area contributed by atoms with E-state index < -0.39 is 41.6 Å². The number of urea groups is 2. The van der Waals surface area contributed by atoms with Crippen LogP contribution in [0, 0.1) is 0 Å². The maximum atomic E-state index is 13.5. The molecule has 8 unspecified atom stereocenters. The molecule has 4 fully saturated rings. The summed E-state index contributed by atoms with van der Waals surface area (Å²) in [5.74, 6) is -1.00. The quantitative estimate of drug-likeness (QED) is 0.0203. The second-order valence-electron chi connectivity index (χ2n) is 16.2. The fraction of sp³-hybridized carbons (Fsp3) is 0.750. The summed E-state index contributed by atoms with van der Waals surface area (Å²) in [6, 6.07) is -1.33. The van der Waals surface area contributed by atoms with Crippen LogP contribution in [0.3, 0.4) is 0 Å². The Morgan fingerprint density at radius 3 is 1.95 bits per heavy atom. The minimum atomic E-state index is -0.985. The molecule has 5 rings (SSSR count). The molecule has 21 heteroatoms. The average Bonchev–Trinajstić information content (AvgIpc) is 4.04. The van der Waals surface area contributed by atoms with Crippen LogP contribution in [0.5, 0.6) is 0 Å². The molecule has 5 aliphatic rings. The number of nitrogens with zero attached hydrogens (tertiary/aromatic N) is 1. The topological polar surface area (TPSA) is 271 Å². The molecule has 0 saturated carbocycles. The predicted molar refractivity (Wildman–Crippen MR) is 231 cm³/mol. The number of imide groups is 1. The van der Waals surface area contributed by atoms with Crippen molar-refractivity contribution in [3.8, 4) is 0 Å². The molecule has 5 heterocycles. The minimum Gasteiger partial charge on any atom is -0.368 e. The molecule has 340 valence electrons. The zero-order valence-corrected chi connectivity index (χ0v) is 36.5. The molecule has 0 radical (unpaired) electrons. The molecule has 19 nitrogen and oxygen atoms in total. The molecule has 0 aromatic rings. The van der Waals surface area contributed by atoms with E-state index in [1.54, 1.807) is 0 Å². The normalized spacial score (nSPS) is 24.7. The fourth-order valence-corrected chi connectivity index (χ4v) is 11.3. The second kappa shape index (κ2) is 25.1. The maximum Gasteiger partial charge on any atom is 0.315 e. The first kappa shape index (κ1) is 48.0. The van der Waals surface area contributed by atoms with Crippen molar-refractivity contribution in [1.29, 1.82) is 0 Å². The molecule has 10 amide bonds. The second-order valence-corrected chi connectivity index (χ2v) is 18.8. The first-order valence-electron chi connectivity index (χ1n) is 21.8. The van der Waals surface area contributed by atoms with Crippen molar-refractivity contribution in [2.24, 2.45) is 5.73 Å². The van der Waals surface area contributed by atoms with Gasteiger partial charge in [-0.25, -0.2) is 9.59 Å². The number of hydrogen-bond acceptors (Lipinski definition) is 12. The third-order valence-corrected chi connectivity index (χ3v) is 14.6. The lowest BCUT2D eigenvalue weighted by Crippen LogP contribution is -2.53. The molecule has 8 atom stereocenters. The number of nitrogens with two attached hydrogens (primary N) is 1. The number of ether oxygens (including phenoxy) is 1. The van der Waals surface area contributed by atoms with E-state index in [1.165, 1.54) is 0 Å². The van der Waals surface area contributed by atoms with E-state index in [9.17, 15) is 38.4 Å². The number of nitrogens with one attached hydrogen (secondary N) is 8. The SMILES string of the molecule is NC(=O)C(CCCCNC(=O)CCCCC1SCC2NC(=O)NC21)NC(=O)C(CCCCNCOCCCCCC1SCC2NC(=O)NC21)NC(=O)CCN1C(=O)C=CC1=O. The highest BCUT2D eigenvalue weighted by Gasteiger charge is 2.43. The lowest BCUT2D eigenvalue weighted by atomic mass is 10.0. The number of primary amides is 1. The molecule has 0 aromatic heterocycles. The van der Waals surface area contributed by atoms with Crippen LogP contribution >= 0.6 is 23.5 Å². The van der Waals surface area contributed by atoms with E-state index in [0.29, 0.717) is 69.0 Å². The third kappa shape index (κ3) is 15.7. The van der Waals surface area contributed by atoms with Crippen molar-refractivity contribution in [2.75, 3.05) is 44.5 Å². The zero-order chi connectivity index (χ0) is 43.6. The number of unbranched alkanes of at least 4 members (excludes halogenated alkanes) is 5. The van der Waals surface area contributed by atoms with Gasteiger partial charge in [-0.3, -0.25) is 39.0 Å². The van der Waals surface area contributed by atoms with Crippen LogP contribution in [0.4, 0.5) is 9.59 Å². The molecule has 61 heavy (non-hydrogen) atoms. The number of rotatable bonds is 30. The summed E-state index contributed by atoms with van der Waals surface area (Å²) in [5, 5.41) is 24.3. The van der Waals surface area contributed by atoms with Crippen molar-refractivity contribution in [3.05, 3.63) is 12.2 Å². The predicted octanol–water partition coefficient (Wildman–Crippen LogP) is 0.229. The molecule has 0 spiro atoms. The van der Waals surface area contributed by atoms with Gasteiger partial charge in [0.2, 0.25) is 23.6 Å². The Kier molecular flexibility index (Phi) is 19.8. The molecule has 10 N–H and O–H groups in total. The van der Waals surface area contributed by atoms with Crippen LogP contribution < -0.4 is 48.3 Å². The number of hydrogen-bond donors (Lipinski definition) is 9. The summed E-state index contributed by atoms with van der Waals surface area (Å²) < 4.78 is 5.73. The van der Waals surface area contributed by atoms with E-state index >= 15 is 0 Å². The Labute approximate surface area is 365 Å². The molecule has 0 bridgehead atoms. The van der Waals surface area contributed by atoms with Crippen molar-refractivity contribution >= 4 is 71.0 Å². The van der Waals surface area contributed by atoms with Crippen LogP contribution in [0.25, 0.3) is 0 Å². The average molecular weight is 893 g/mol. The van der Waals surface area contributed by atoms with Gasteiger partial charge in [0.15, 0.2) is 0 Å². The summed E-state index contributed by atoms with van der Waals surface area (Å²) >= 11 is 3.77. The van der Waals surface area contributed by atoms with E-state index in [-0.39, 0.29) is 67.9 Å². The van der Waals surface area contributed by atoms with Gasteiger partial charge in [-0.1, -0.05) is 19.3 Å². The third-order valence-electron chi connectivity index (χ3n) is 11.6. The number of fused-ring (bicyclic) bond motifs is 2. The van der Waals surface area contributed by atoms with Crippen LogP contribution in [0.15, 0.2) is 12.2 Å². The number of carbonyl (C=O) groups is 8. The molecule has 5 aliphatic heterocycles. The Balaban J connectivity index is 0.937. The van der Waals surface area contributed by atoms with Gasteiger partial charge in [-0.15, -0.1) is 0 Å². The highest BCUT2D eigenvalue weighted by atomic mass is 32.2. The summed E-state index contributed by atoms with van der Waals surface area (Å²) in [4.78, 5) is 99.1. The highest BCUT2D eigenvalue weighted by Crippen LogP contribution is 2.34. The summed E-state index contributed by atoms with van der Waals surface area (Å²) in [6.45, 7) is 1.92. The fourth-order valence-electron chi connectivity index (χ4n) is 8.21. The Bertz CT molecular complexity index is 1570. The standard InChI is InChI=1S/C40H64N10O9S2/c41-37(55)25(10-6-8-19-43-31(51)14-4-3-13-30-36-28(23-61-30)47-40(58)49-36)45-38(56)26(44-32(52)17-20-50-33(53)15-16-34(50)54)11-5-7-18-42-24-59-21-9-1-2-12-29-35-27(22-60-29)46-39(57)48-35/h15-16,25-30,35-36,42H,1-14,17-24H2,(H2,41,55)(H,43,51)(H,44,52)(H,45,56)(H2,46,48,57)(H2,47,49,58). The van der Waals surface area contributed by atoms with Crippen LogP contribution in [-0.2, 0) is 33.5 Å². The lowest BCUT2D eigenvalue weighted by molar-refractivity contribution is -0.137. The number of carbonyl (C=O) groups excluding carboxylic acids is 8. The first-order chi connectivity index (χ1) is 29.5. The summed E-state index contributed by atoms with van der Waals surface area (Å²) in [6.07, 6.45) is 12.0. The smallest absolute Gasteiger partial charge is 0.315 e. The minimum absolute atomic E-state index is 0.0529. The van der Waals surface area contributed by atoms with E-state index in [4.69, 9.17) is 10.5 Å². The van der Waals surface area contributed by atoms with Gasteiger partial charge in [0, 0.05) is 66.7 Å². The van der Waals surface area contributed by atoms with Gasteiger partial charge in [0.1, 0.15) is 12.1 Å². The van der Waals surface area contributed by atoms with Crippen molar-refractivity contribution in [3.63, 3.8) is 0 Å². The van der Waals surface area contributed by atoms with Gasteiger partial charge < -0.3 is 47.7 Å². The maximum absolute atomic E-state index is 13.5. The zero-order valence-electron chi connectivity index (χ0n) is 34.8. The lowest BCUT2D eigenvalue weighted by Gasteiger charge is -2.22. The van der Waals surface area contributed by atoms with Crippen LogP contribution in [0.2, 0.25) is 0 Å². The van der Waals surface area contributed by atoms with Crippen LogP contribution in [0.1, 0.15) is 96.3 Å². The Morgan fingerprint density at radius 1 is 0.705 bits per heavy atom. The van der Waals surface area contributed by atoms with Gasteiger partial charge >= 0.3 is 12.1 Å². The summed E-state index contributed by atoms with van der Waals surface area (Å²) in [7, 11) is 0. The van der Waals surface area contributed by atoms with Crippen LogP contribution in [-0.4, -0.2) is 144 Å². The van der Waals surface area contributed by atoms with E-state index in [2.05, 4.69) is 42.5 Å². The molecular weight excluding hydrogens is 829 g/mol. The van der Waals surface area contributed by atoms with E-state index in [0.717, 1.165) is 73.5 Å². The highest BCUT2D eigenvalue weighted by molar-refractivity contribution is 8.00. The number of thioether (sulfide) groups is 2. The van der Waals surface area contributed by atoms with Gasteiger partial charge in [0.05, 0.1) is 30.9 Å².